The first kappa shape index (κ1) is 13.6. The molecule has 6 heteroatoms. The van der Waals surface area contributed by atoms with E-state index in [0.717, 1.165) is 0 Å². The number of aliphatic hydroxyl groups excluding tert-OH is 1. The Balaban J connectivity index is 2.91. The Morgan fingerprint density at radius 1 is 1.53 bits per heavy atom. The van der Waals surface area contributed by atoms with Crippen LogP contribution in [0.25, 0.3) is 0 Å². The van der Waals surface area contributed by atoms with Crippen LogP contribution in [0.1, 0.15) is 6.92 Å². The summed E-state index contributed by atoms with van der Waals surface area (Å²) in [5, 5.41) is 8.88. The lowest BCUT2D eigenvalue weighted by Gasteiger charge is -2.24. The molecule has 0 atom stereocenters. The van der Waals surface area contributed by atoms with Crippen LogP contribution in [0.5, 0.6) is 5.75 Å². The maximum atomic E-state index is 12.4. The fourth-order valence-corrected chi connectivity index (χ4v) is 1.46. The van der Waals surface area contributed by atoms with Gasteiger partial charge in [0.1, 0.15) is 0 Å². The third-order valence-electron chi connectivity index (χ3n) is 2.08. The van der Waals surface area contributed by atoms with Crippen molar-refractivity contribution < 1.29 is 18.6 Å². The predicted octanol–water partition coefficient (Wildman–Crippen LogP) is 1.54. The summed E-state index contributed by atoms with van der Waals surface area (Å²) in [6, 6.07) is 3.34. The van der Waals surface area contributed by atoms with E-state index in [1.54, 1.807) is 19.1 Å². The molecule has 1 heterocycles. The van der Waals surface area contributed by atoms with Gasteiger partial charge < -0.3 is 14.7 Å². The van der Waals surface area contributed by atoms with E-state index in [2.05, 4.69) is 4.98 Å². The monoisotopic (exact) mass is 246 g/mol. The Labute approximate surface area is 98.8 Å². The average molecular weight is 246 g/mol. The smallest absolute Gasteiger partial charge is 0.255 e. The second kappa shape index (κ2) is 7.01. The van der Waals surface area contributed by atoms with Gasteiger partial charge in [0.25, 0.3) is 6.43 Å². The van der Waals surface area contributed by atoms with Crippen molar-refractivity contribution in [2.75, 3.05) is 31.2 Å². The second-order valence-electron chi connectivity index (χ2n) is 3.32. The summed E-state index contributed by atoms with van der Waals surface area (Å²) in [6.07, 6.45) is -0.980. The van der Waals surface area contributed by atoms with Crippen LogP contribution in [0.3, 0.4) is 0 Å². The van der Waals surface area contributed by atoms with E-state index in [1.807, 2.05) is 0 Å². The molecular weight excluding hydrogens is 230 g/mol. The zero-order valence-corrected chi connectivity index (χ0v) is 9.64. The van der Waals surface area contributed by atoms with E-state index in [4.69, 9.17) is 9.84 Å². The lowest BCUT2D eigenvalue weighted by molar-refractivity contribution is 0.152. The molecule has 0 aliphatic carbocycles. The van der Waals surface area contributed by atoms with Gasteiger partial charge >= 0.3 is 0 Å². The second-order valence-corrected chi connectivity index (χ2v) is 3.32. The van der Waals surface area contributed by atoms with Gasteiger partial charge in [0.05, 0.1) is 19.8 Å². The molecular formula is C11H16F2N2O2. The molecule has 0 spiro atoms. The number of pyridine rings is 1. The van der Waals surface area contributed by atoms with Crippen molar-refractivity contribution in [1.29, 1.82) is 0 Å². The molecule has 0 unspecified atom stereocenters. The topological polar surface area (TPSA) is 45.6 Å². The predicted molar refractivity (Wildman–Crippen MR) is 60.7 cm³/mol. The number of rotatable bonds is 7. The van der Waals surface area contributed by atoms with Crippen molar-refractivity contribution in [3.63, 3.8) is 0 Å². The molecule has 1 aromatic rings. The summed E-state index contributed by atoms with van der Waals surface area (Å²) in [5.41, 5.74) is 0. The van der Waals surface area contributed by atoms with Gasteiger partial charge in [-0.3, -0.25) is 0 Å². The highest BCUT2D eigenvalue weighted by Crippen LogP contribution is 2.25. The van der Waals surface area contributed by atoms with Crippen molar-refractivity contribution in [2.45, 2.75) is 13.3 Å². The highest BCUT2D eigenvalue weighted by molar-refractivity contribution is 5.52. The highest BCUT2D eigenvalue weighted by atomic mass is 19.3. The number of ether oxygens (including phenoxy) is 1. The maximum absolute atomic E-state index is 12.4. The van der Waals surface area contributed by atoms with Crippen molar-refractivity contribution in [3.8, 4) is 5.75 Å². The lowest BCUT2D eigenvalue weighted by atomic mass is 10.3. The lowest BCUT2D eigenvalue weighted by Crippen LogP contribution is -2.32. The quantitative estimate of drug-likeness (QED) is 0.792. The fourth-order valence-electron chi connectivity index (χ4n) is 1.46. The first-order valence-electron chi connectivity index (χ1n) is 5.40. The SMILES string of the molecule is CCOc1cccnc1N(CCO)CC(F)F. The van der Waals surface area contributed by atoms with E-state index < -0.39 is 13.0 Å². The molecule has 0 aromatic carbocycles. The fraction of sp³-hybridized carbons (Fsp3) is 0.545. The Hall–Kier alpha value is -1.43. The molecule has 0 bridgehead atoms. The highest BCUT2D eigenvalue weighted by Gasteiger charge is 2.17. The van der Waals surface area contributed by atoms with E-state index >= 15 is 0 Å². The van der Waals surface area contributed by atoms with Gasteiger partial charge in [0, 0.05) is 12.7 Å². The van der Waals surface area contributed by atoms with Crippen molar-refractivity contribution in [2.24, 2.45) is 0 Å². The van der Waals surface area contributed by atoms with E-state index in [9.17, 15) is 8.78 Å². The van der Waals surface area contributed by atoms with Crippen LogP contribution in [-0.4, -0.2) is 42.8 Å². The summed E-state index contributed by atoms with van der Waals surface area (Å²) in [6.45, 7) is 1.65. The van der Waals surface area contributed by atoms with E-state index in [1.165, 1.54) is 11.1 Å². The number of aliphatic hydroxyl groups is 1. The number of halogens is 2. The van der Waals surface area contributed by atoms with Crippen LogP contribution in [0.15, 0.2) is 18.3 Å². The van der Waals surface area contributed by atoms with Crippen LogP contribution in [0.2, 0.25) is 0 Å². The van der Waals surface area contributed by atoms with Crippen LogP contribution < -0.4 is 9.64 Å². The third kappa shape index (κ3) is 4.14. The van der Waals surface area contributed by atoms with Crippen molar-refractivity contribution in [1.82, 2.24) is 4.98 Å². The summed E-state index contributed by atoms with van der Waals surface area (Å²) < 4.78 is 30.2. The number of alkyl halides is 2. The van der Waals surface area contributed by atoms with Gasteiger partial charge in [0.2, 0.25) is 0 Å². The first-order valence-corrected chi connectivity index (χ1v) is 5.40. The van der Waals surface area contributed by atoms with E-state index in [-0.39, 0.29) is 13.2 Å². The summed E-state index contributed by atoms with van der Waals surface area (Å²) in [7, 11) is 0. The Morgan fingerprint density at radius 2 is 2.29 bits per heavy atom. The molecule has 0 saturated carbocycles. The maximum Gasteiger partial charge on any atom is 0.255 e. The van der Waals surface area contributed by atoms with Crippen LogP contribution in [0, 0.1) is 0 Å². The first-order chi connectivity index (χ1) is 8.19. The molecule has 1 rings (SSSR count). The summed E-state index contributed by atoms with van der Waals surface area (Å²) >= 11 is 0. The van der Waals surface area contributed by atoms with Crippen LogP contribution in [0.4, 0.5) is 14.6 Å². The molecule has 0 aliphatic heterocycles. The van der Waals surface area contributed by atoms with Gasteiger partial charge in [-0.25, -0.2) is 13.8 Å². The number of hydrogen-bond donors (Lipinski definition) is 1. The number of anilines is 1. The van der Waals surface area contributed by atoms with Crippen LogP contribution >= 0.6 is 0 Å². The number of aromatic nitrogens is 1. The largest absolute Gasteiger partial charge is 0.490 e. The average Bonchev–Trinajstić information content (AvgIpc) is 2.29. The molecule has 17 heavy (non-hydrogen) atoms. The van der Waals surface area contributed by atoms with Gasteiger partial charge in [-0.05, 0) is 19.1 Å². The number of hydrogen-bond acceptors (Lipinski definition) is 4. The Morgan fingerprint density at radius 3 is 2.88 bits per heavy atom. The molecule has 0 fully saturated rings. The van der Waals surface area contributed by atoms with Crippen molar-refractivity contribution >= 4 is 5.82 Å². The van der Waals surface area contributed by atoms with Crippen LogP contribution in [-0.2, 0) is 0 Å². The van der Waals surface area contributed by atoms with Gasteiger partial charge in [0.15, 0.2) is 11.6 Å². The Bertz CT molecular complexity index is 337. The van der Waals surface area contributed by atoms with Gasteiger partial charge in [-0.15, -0.1) is 0 Å². The molecule has 0 amide bonds. The standard InChI is InChI=1S/C11H16F2N2O2/c1-2-17-9-4-3-5-14-11(9)15(6-7-16)8-10(12)13/h3-5,10,16H,2,6-8H2,1H3. The number of nitrogens with zero attached hydrogens (tertiary/aromatic N) is 2. The molecule has 96 valence electrons. The summed E-state index contributed by atoms with van der Waals surface area (Å²) in [4.78, 5) is 5.34. The molecule has 1 N–H and O–H groups in total. The Kier molecular flexibility index (Phi) is 5.62. The molecule has 1 aromatic heterocycles. The molecule has 4 nitrogen and oxygen atoms in total. The molecule has 0 saturated heterocycles. The zero-order valence-electron chi connectivity index (χ0n) is 9.64. The minimum atomic E-state index is -2.49. The minimum Gasteiger partial charge on any atom is -0.490 e. The summed E-state index contributed by atoms with van der Waals surface area (Å²) in [5.74, 6) is 0.785. The molecule has 0 radical (unpaired) electrons. The van der Waals surface area contributed by atoms with Gasteiger partial charge in [-0.2, -0.15) is 0 Å². The third-order valence-corrected chi connectivity index (χ3v) is 2.08. The van der Waals surface area contributed by atoms with Crippen molar-refractivity contribution in [3.05, 3.63) is 18.3 Å². The normalized spacial score (nSPS) is 10.6. The minimum absolute atomic E-state index is 0.0986. The van der Waals surface area contributed by atoms with E-state index in [0.29, 0.717) is 18.2 Å². The zero-order chi connectivity index (χ0) is 12.7. The van der Waals surface area contributed by atoms with Gasteiger partial charge in [-0.1, -0.05) is 0 Å². The molecule has 0 aliphatic rings.